The molecule has 0 fully saturated rings. The Morgan fingerprint density at radius 1 is 1.09 bits per heavy atom. The largest absolute Gasteiger partial charge is 0.479 e. The normalized spacial score (nSPS) is 11.7. The number of aliphatic imine (C=N–C) groups is 1. The van der Waals surface area contributed by atoms with Crippen molar-refractivity contribution in [1.29, 1.82) is 0 Å². The molecule has 0 aliphatic carbocycles. The summed E-state index contributed by atoms with van der Waals surface area (Å²) in [5, 5.41) is 10.1. The second kappa shape index (κ2) is 6.44. The van der Waals surface area contributed by atoms with Gasteiger partial charge in [-0.3, -0.25) is 0 Å². The Morgan fingerprint density at radius 2 is 1.87 bits per heavy atom. The first-order chi connectivity index (χ1) is 11.2. The van der Waals surface area contributed by atoms with Crippen LogP contribution in [0.15, 0.2) is 57.9 Å². The Labute approximate surface area is 134 Å². The molecule has 0 saturated carbocycles. The van der Waals surface area contributed by atoms with Crippen LogP contribution < -0.4 is 0 Å². The first-order valence-electron chi connectivity index (χ1n) is 7.44. The molecular formula is C18H17N3O2. The average molecular weight is 307 g/mol. The van der Waals surface area contributed by atoms with Crippen molar-refractivity contribution in [2.45, 2.75) is 20.3 Å². The van der Waals surface area contributed by atoms with E-state index >= 15 is 0 Å². The summed E-state index contributed by atoms with van der Waals surface area (Å²) >= 11 is 0. The fraction of sp³-hybridized carbons (Fsp3) is 0.167. The van der Waals surface area contributed by atoms with Crippen LogP contribution in [0.4, 0.5) is 5.82 Å². The minimum absolute atomic E-state index is 0.225. The Hall–Kier alpha value is -2.95. The van der Waals surface area contributed by atoms with Crippen molar-refractivity contribution in [2.24, 2.45) is 4.99 Å². The van der Waals surface area contributed by atoms with Crippen LogP contribution >= 0.6 is 0 Å². The van der Waals surface area contributed by atoms with E-state index in [4.69, 9.17) is 4.42 Å². The summed E-state index contributed by atoms with van der Waals surface area (Å²) < 4.78 is 5.39. The zero-order chi connectivity index (χ0) is 16.2. The van der Waals surface area contributed by atoms with E-state index < -0.39 is 0 Å². The van der Waals surface area contributed by atoms with E-state index in [1.165, 1.54) is 0 Å². The predicted molar refractivity (Wildman–Crippen MR) is 89.1 cm³/mol. The molecule has 116 valence electrons. The van der Waals surface area contributed by atoms with Crippen molar-refractivity contribution in [3.8, 4) is 17.4 Å². The molecule has 2 aromatic heterocycles. The maximum absolute atomic E-state index is 10.1. The summed E-state index contributed by atoms with van der Waals surface area (Å²) in [5.41, 5.74) is 2.68. The Morgan fingerprint density at radius 3 is 2.57 bits per heavy atom. The van der Waals surface area contributed by atoms with Gasteiger partial charge in [-0.25, -0.2) is 15.0 Å². The molecule has 1 N–H and O–H groups in total. The van der Waals surface area contributed by atoms with Crippen molar-refractivity contribution >= 4 is 11.5 Å². The van der Waals surface area contributed by atoms with Gasteiger partial charge in [-0.1, -0.05) is 31.2 Å². The number of benzene rings is 1. The quantitative estimate of drug-likeness (QED) is 0.730. The van der Waals surface area contributed by atoms with E-state index in [1.807, 2.05) is 62.4 Å². The van der Waals surface area contributed by atoms with Crippen LogP contribution in [0.3, 0.4) is 0 Å². The summed E-state index contributed by atoms with van der Waals surface area (Å²) in [6.07, 6.45) is 0.601. The summed E-state index contributed by atoms with van der Waals surface area (Å²) in [6, 6.07) is 15.1. The molecule has 23 heavy (non-hydrogen) atoms. The second-order valence-electron chi connectivity index (χ2n) is 5.09. The monoisotopic (exact) mass is 307 g/mol. The van der Waals surface area contributed by atoms with Crippen LogP contribution in [0.1, 0.15) is 24.7 Å². The third-order valence-electron chi connectivity index (χ3n) is 3.36. The van der Waals surface area contributed by atoms with E-state index in [0.29, 0.717) is 29.5 Å². The van der Waals surface area contributed by atoms with E-state index in [9.17, 15) is 5.11 Å². The van der Waals surface area contributed by atoms with Crippen molar-refractivity contribution in [2.75, 3.05) is 0 Å². The number of aromatic hydroxyl groups is 1. The Kier molecular flexibility index (Phi) is 4.19. The zero-order valence-corrected chi connectivity index (χ0v) is 13.0. The van der Waals surface area contributed by atoms with Crippen molar-refractivity contribution in [3.63, 3.8) is 0 Å². The van der Waals surface area contributed by atoms with Gasteiger partial charge in [0, 0.05) is 11.3 Å². The number of aryl methyl sites for hydroxylation is 1. The highest BCUT2D eigenvalue weighted by Gasteiger charge is 2.18. The van der Waals surface area contributed by atoms with Gasteiger partial charge in [0.25, 0.3) is 0 Å². The lowest BCUT2D eigenvalue weighted by Crippen LogP contribution is -2.00. The lowest BCUT2D eigenvalue weighted by Gasteiger charge is -2.00. The van der Waals surface area contributed by atoms with Crippen LogP contribution in [0.5, 0.6) is 5.95 Å². The maximum Gasteiger partial charge on any atom is 0.312 e. The molecule has 3 aromatic rings. The number of oxazole rings is 1. The molecule has 0 radical (unpaired) electrons. The molecule has 0 unspecified atom stereocenters. The summed E-state index contributed by atoms with van der Waals surface area (Å²) in [7, 11) is 0. The molecule has 5 nitrogen and oxygen atoms in total. The third-order valence-corrected chi connectivity index (χ3v) is 3.36. The lowest BCUT2D eigenvalue weighted by molar-refractivity contribution is 0.336. The Bertz CT molecular complexity index is 838. The molecule has 2 heterocycles. The van der Waals surface area contributed by atoms with Gasteiger partial charge in [-0.2, -0.15) is 0 Å². The molecule has 0 amide bonds. The number of rotatable bonds is 4. The molecule has 3 rings (SSSR count). The van der Waals surface area contributed by atoms with Gasteiger partial charge in [0.2, 0.25) is 5.89 Å². The summed E-state index contributed by atoms with van der Waals surface area (Å²) in [5.74, 6) is 0.735. The highest BCUT2D eigenvalue weighted by molar-refractivity contribution is 6.02. The number of nitrogens with zero attached hydrogens (tertiary/aromatic N) is 3. The smallest absolute Gasteiger partial charge is 0.312 e. The first kappa shape index (κ1) is 15.0. The SMILES string of the molecule is CCC(=Nc1cccc(C)n1)c1nc(-c2ccccc2)oc1O. The molecule has 5 heteroatoms. The van der Waals surface area contributed by atoms with Crippen LogP contribution in [-0.2, 0) is 0 Å². The van der Waals surface area contributed by atoms with Gasteiger partial charge < -0.3 is 9.52 Å². The number of pyridine rings is 1. The van der Waals surface area contributed by atoms with Gasteiger partial charge in [-0.05, 0) is 37.6 Å². The van der Waals surface area contributed by atoms with E-state index in [1.54, 1.807) is 0 Å². The molecule has 0 aliphatic rings. The van der Waals surface area contributed by atoms with E-state index in [2.05, 4.69) is 15.0 Å². The molecule has 0 atom stereocenters. The minimum Gasteiger partial charge on any atom is -0.479 e. The highest BCUT2D eigenvalue weighted by atomic mass is 16.5. The molecule has 0 saturated heterocycles. The molecule has 0 spiro atoms. The number of hydrogen-bond donors (Lipinski definition) is 1. The topological polar surface area (TPSA) is 71.5 Å². The second-order valence-corrected chi connectivity index (χ2v) is 5.09. The van der Waals surface area contributed by atoms with Crippen molar-refractivity contribution < 1.29 is 9.52 Å². The predicted octanol–water partition coefficient (Wildman–Crippen LogP) is 4.28. The first-order valence-corrected chi connectivity index (χ1v) is 7.44. The van der Waals surface area contributed by atoms with Crippen LogP contribution in [0, 0.1) is 6.92 Å². The number of aromatic nitrogens is 2. The zero-order valence-electron chi connectivity index (χ0n) is 13.0. The van der Waals surface area contributed by atoms with Gasteiger partial charge in [0.1, 0.15) is 0 Å². The molecular weight excluding hydrogens is 290 g/mol. The van der Waals surface area contributed by atoms with Gasteiger partial charge in [0.15, 0.2) is 11.5 Å². The highest BCUT2D eigenvalue weighted by Crippen LogP contribution is 2.28. The van der Waals surface area contributed by atoms with Crippen LogP contribution in [-0.4, -0.2) is 20.8 Å². The number of hydrogen-bond acceptors (Lipinski definition) is 5. The average Bonchev–Trinajstić information content (AvgIpc) is 2.95. The van der Waals surface area contributed by atoms with Gasteiger partial charge in [-0.15, -0.1) is 0 Å². The van der Waals surface area contributed by atoms with Gasteiger partial charge >= 0.3 is 5.95 Å². The fourth-order valence-corrected chi connectivity index (χ4v) is 2.23. The molecule has 0 aliphatic heterocycles. The maximum atomic E-state index is 10.1. The third kappa shape index (κ3) is 3.29. The van der Waals surface area contributed by atoms with Crippen molar-refractivity contribution in [1.82, 2.24) is 9.97 Å². The van der Waals surface area contributed by atoms with Crippen LogP contribution in [0.25, 0.3) is 11.5 Å². The standard InChI is InChI=1S/C18H17N3O2/c1-3-14(20-15-11-7-8-12(2)19-15)16-18(22)23-17(21-16)13-9-5-4-6-10-13/h4-11,22H,3H2,1-2H3. The fourth-order valence-electron chi connectivity index (χ4n) is 2.23. The summed E-state index contributed by atoms with van der Waals surface area (Å²) in [4.78, 5) is 13.2. The Balaban J connectivity index is 2.01. The lowest BCUT2D eigenvalue weighted by atomic mass is 10.2. The molecule has 1 aromatic carbocycles. The van der Waals surface area contributed by atoms with Crippen LogP contribution in [0.2, 0.25) is 0 Å². The molecule has 0 bridgehead atoms. The van der Waals surface area contributed by atoms with Crippen molar-refractivity contribution in [3.05, 3.63) is 59.9 Å². The minimum atomic E-state index is -0.225. The van der Waals surface area contributed by atoms with Gasteiger partial charge in [0.05, 0.1) is 5.71 Å². The van der Waals surface area contributed by atoms with E-state index in [0.717, 1.165) is 11.3 Å². The summed E-state index contributed by atoms with van der Waals surface area (Å²) in [6.45, 7) is 3.86. The van der Waals surface area contributed by atoms with E-state index in [-0.39, 0.29) is 5.95 Å².